The molecule has 0 radical (unpaired) electrons. The summed E-state index contributed by atoms with van der Waals surface area (Å²) in [5.41, 5.74) is 0.0556. The molecule has 1 saturated heterocycles. The van der Waals surface area contributed by atoms with Crippen molar-refractivity contribution >= 4 is 11.8 Å². The summed E-state index contributed by atoms with van der Waals surface area (Å²) in [7, 11) is 0. The third-order valence-electron chi connectivity index (χ3n) is 2.83. The Balaban J connectivity index is 2.19. The summed E-state index contributed by atoms with van der Waals surface area (Å²) in [6.45, 7) is 3.85. The van der Waals surface area contributed by atoms with Crippen LogP contribution in [0.5, 0.6) is 0 Å². The zero-order valence-corrected chi connectivity index (χ0v) is 9.77. The summed E-state index contributed by atoms with van der Waals surface area (Å²) < 4.78 is -0.0746. The Labute approximate surface area is 94.9 Å². The molecule has 1 nitrogen and oxygen atoms in total. The van der Waals surface area contributed by atoms with Crippen molar-refractivity contribution in [1.29, 1.82) is 0 Å². The number of rotatable bonds is 1. The summed E-state index contributed by atoms with van der Waals surface area (Å²) in [5.74, 6) is 6.97. The summed E-state index contributed by atoms with van der Waals surface area (Å²) in [5, 5.41) is 10.2. The van der Waals surface area contributed by atoms with E-state index in [1.54, 1.807) is 18.7 Å². The predicted octanol–water partition coefficient (Wildman–Crippen LogP) is 2.29. The Morgan fingerprint density at radius 3 is 2.53 bits per heavy atom. The third kappa shape index (κ3) is 2.19. The lowest BCUT2D eigenvalue weighted by atomic mass is 9.93. The first-order valence-corrected chi connectivity index (χ1v) is 5.97. The molecule has 1 aliphatic heterocycles. The first kappa shape index (κ1) is 10.6. The molecule has 1 N–H and O–H groups in total. The molecule has 2 heteroatoms. The highest BCUT2D eigenvalue weighted by Crippen LogP contribution is 2.51. The Morgan fingerprint density at radius 1 is 1.40 bits per heavy atom. The minimum absolute atomic E-state index is 0.0746. The number of benzene rings is 1. The molecule has 2 atom stereocenters. The van der Waals surface area contributed by atoms with Gasteiger partial charge in [0.25, 0.3) is 0 Å². The highest BCUT2D eigenvalue weighted by atomic mass is 32.2. The summed E-state index contributed by atoms with van der Waals surface area (Å²) >= 11 is 1.76. The Kier molecular flexibility index (Phi) is 2.54. The largest absolute Gasteiger partial charge is 0.376 e. The lowest BCUT2D eigenvalue weighted by Gasteiger charge is -2.22. The fraction of sp³-hybridized carbons (Fsp3) is 0.385. The normalized spacial score (nSPS) is 27.4. The van der Waals surface area contributed by atoms with Gasteiger partial charge in [0.05, 0.1) is 4.75 Å². The van der Waals surface area contributed by atoms with Gasteiger partial charge in [0.15, 0.2) is 0 Å². The maximum Gasteiger partial charge on any atom is 0.138 e. The van der Waals surface area contributed by atoms with Crippen LogP contribution in [0.25, 0.3) is 0 Å². The second-order valence-corrected chi connectivity index (χ2v) is 5.69. The van der Waals surface area contributed by atoms with Gasteiger partial charge in [-0.3, -0.25) is 0 Å². The van der Waals surface area contributed by atoms with Crippen LogP contribution in [-0.4, -0.2) is 21.2 Å². The van der Waals surface area contributed by atoms with Crippen molar-refractivity contribution < 1.29 is 5.11 Å². The molecule has 0 saturated carbocycles. The van der Waals surface area contributed by atoms with Crippen LogP contribution in [0.3, 0.4) is 0 Å². The molecular weight excluding hydrogens is 204 g/mol. The van der Waals surface area contributed by atoms with E-state index < -0.39 is 5.60 Å². The molecule has 2 rings (SSSR count). The van der Waals surface area contributed by atoms with E-state index in [1.807, 2.05) is 30.3 Å². The van der Waals surface area contributed by atoms with E-state index in [1.165, 1.54) is 0 Å². The highest BCUT2D eigenvalue weighted by Gasteiger charge is 2.53. The summed E-state index contributed by atoms with van der Waals surface area (Å²) in [6.07, 6.45) is 0. The molecule has 1 fully saturated rings. The molecular formula is C13H14OS. The van der Waals surface area contributed by atoms with Crippen LogP contribution in [0.1, 0.15) is 19.4 Å². The first-order valence-electron chi connectivity index (χ1n) is 4.98. The minimum Gasteiger partial charge on any atom is -0.376 e. The van der Waals surface area contributed by atoms with Gasteiger partial charge in [0.2, 0.25) is 0 Å². The highest BCUT2D eigenvalue weighted by molar-refractivity contribution is 8.08. The van der Waals surface area contributed by atoms with Crippen LogP contribution in [0, 0.1) is 11.8 Å². The molecule has 1 aromatic rings. The SMILES string of the molecule is CC(O)(C#Cc1ccccc1)C1(C)CS1. The molecule has 1 aromatic carbocycles. The second-order valence-electron chi connectivity index (χ2n) is 4.21. The van der Waals surface area contributed by atoms with E-state index in [-0.39, 0.29) is 4.75 Å². The monoisotopic (exact) mass is 218 g/mol. The molecule has 1 aliphatic rings. The van der Waals surface area contributed by atoms with E-state index in [0.29, 0.717) is 0 Å². The molecule has 0 aromatic heterocycles. The van der Waals surface area contributed by atoms with Crippen molar-refractivity contribution in [3.8, 4) is 11.8 Å². The molecule has 0 amide bonds. The van der Waals surface area contributed by atoms with Crippen LogP contribution < -0.4 is 0 Å². The van der Waals surface area contributed by atoms with Gasteiger partial charge in [-0.1, -0.05) is 30.0 Å². The van der Waals surface area contributed by atoms with Crippen molar-refractivity contribution in [3.63, 3.8) is 0 Å². The van der Waals surface area contributed by atoms with Gasteiger partial charge in [0, 0.05) is 11.3 Å². The molecule has 0 aliphatic carbocycles. The van der Waals surface area contributed by atoms with Crippen LogP contribution in [0.15, 0.2) is 30.3 Å². The Hall–Kier alpha value is -0.910. The van der Waals surface area contributed by atoms with Gasteiger partial charge in [-0.25, -0.2) is 0 Å². The first-order chi connectivity index (χ1) is 7.04. The van der Waals surface area contributed by atoms with E-state index in [2.05, 4.69) is 18.8 Å². The zero-order chi connectivity index (χ0) is 10.9. The van der Waals surface area contributed by atoms with Gasteiger partial charge < -0.3 is 5.11 Å². The molecule has 15 heavy (non-hydrogen) atoms. The van der Waals surface area contributed by atoms with Crippen molar-refractivity contribution in [2.45, 2.75) is 24.2 Å². The quantitative estimate of drug-likeness (QED) is 0.576. The van der Waals surface area contributed by atoms with Gasteiger partial charge in [0.1, 0.15) is 5.60 Å². The van der Waals surface area contributed by atoms with Crippen LogP contribution >= 0.6 is 11.8 Å². The minimum atomic E-state index is -0.895. The third-order valence-corrected chi connectivity index (χ3v) is 4.38. The second kappa shape index (κ2) is 3.59. The van der Waals surface area contributed by atoms with Gasteiger partial charge >= 0.3 is 0 Å². The van der Waals surface area contributed by atoms with Crippen LogP contribution in [-0.2, 0) is 0 Å². The number of thioether (sulfide) groups is 1. The van der Waals surface area contributed by atoms with E-state index >= 15 is 0 Å². The van der Waals surface area contributed by atoms with E-state index in [0.717, 1.165) is 11.3 Å². The molecule has 78 valence electrons. The van der Waals surface area contributed by atoms with Crippen molar-refractivity contribution in [2.24, 2.45) is 0 Å². The van der Waals surface area contributed by atoms with Crippen molar-refractivity contribution in [2.75, 3.05) is 5.75 Å². The standard InChI is InChI=1S/C13H14OS/c1-12(14,13(2)10-15-13)9-8-11-6-4-3-5-7-11/h3-7,14H,10H2,1-2H3. The fourth-order valence-corrected chi connectivity index (χ4v) is 2.07. The summed E-state index contributed by atoms with van der Waals surface area (Å²) in [4.78, 5) is 0. The van der Waals surface area contributed by atoms with Crippen LogP contribution in [0.4, 0.5) is 0 Å². The van der Waals surface area contributed by atoms with E-state index in [4.69, 9.17) is 0 Å². The van der Waals surface area contributed by atoms with E-state index in [9.17, 15) is 5.11 Å². The lowest BCUT2D eigenvalue weighted by molar-refractivity contribution is 0.101. The van der Waals surface area contributed by atoms with Gasteiger partial charge in [-0.05, 0) is 26.0 Å². The average Bonchev–Trinajstić information content (AvgIpc) is 2.97. The van der Waals surface area contributed by atoms with Crippen molar-refractivity contribution in [3.05, 3.63) is 35.9 Å². The Morgan fingerprint density at radius 2 is 2.00 bits per heavy atom. The zero-order valence-electron chi connectivity index (χ0n) is 8.95. The maximum atomic E-state index is 10.2. The number of hydrogen-bond donors (Lipinski definition) is 1. The van der Waals surface area contributed by atoms with Gasteiger partial charge in [-0.15, -0.1) is 11.8 Å². The fourth-order valence-electron chi connectivity index (χ4n) is 1.24. The Bertz CT molecular complexity index is 407. The summed E-state index contributed by atoms with van der Waals surface area (Å²) in [6, 6.07) is 9.76. The van der Waals surface area contributed by atoms with Gasteiger partial charge in [-0.2, -0.15) is 0 Å². The molecule has 1 heterocycles. The molecule has 2 unspecified atom stereocenters. The van der Waals surface area contributed by atoms with Crippen molar-refractivity contribution in [1.82, 2.24) is 0 Å². The predicted molar refractivity (Wildman–Crippen MR) is 64.8 cm³/mol. The molecule has 0 bridgehead atoms. The number of hydrogen-bond acceptors (Lipinski definition) is 2. The maximum absolute atomic E-state index is 10.2. The molecule has 0 spiro atoms. The topological polar surface area (TPSA) is 20.2 Å². The van der Waals surface area contributed by atoms with Crippen LogP contribution in [0.2, 0.25) is 0 Å². The smallest absolute Gasteiger partial charge is 0.138 e. The lowest BCUT2D eigenvalue weighted by Crippen LogP contribution is -2.37. The average molecular weight is 218 g/mol. The number of aliphatic hydroxyl groups is 1.